The van der Waals surface area contributed by atoms with Gasteiger partial charge in [-0.3, -0.25) is 14.5 Å². The quantitative estimate of drug-likeness (QED) is 0.699. The Morgan fingerprint density at radius 3 is 2.43 bits per heavy atom. The second kappa shape index (κ2) is 7.43. The van der Waals surface area contributed by atoms with Gasteiger partial charge >= 0.3 is 0 Å². The van der Waals surface area contributed by atoms with Crippen LogP contribution in [-0.4, -0.2) is 23.5 Å². The van der Waals surface area contributed by atoms with E-state index in [4.69, 9.17) is 0 Å². The maximum absolute atomic E-state index is 13.4. The van der Waals surface area contributed by atoms with E-state index in [1.807, 2.05) is 51.1 Å². The lowest BCUT2D eigenvalue weighted by Gasteiger charge is -2.24. The van der Waals surface area contributed by atoms with Gasteiger partial charge in [-0.05, 0) is 44.0 Å². The molecular formula is C25H24N2O3. The van der Waals surface area contributed by atoms with Crippen molar-refractivity contribution < 1.29 is 14.7 Å². The molecule has 3 aromatic carbocycles. The normalized spacial score (nSPS) is 17.7. The number of para-hydroxylation sites is 1. The second-order valence-electron chi connectivity index (χ2n) is 7.85. The van der Waals surface area contributed by atoms with Crippen molar-refractivity contribution in [3.8, 4) is 0 Å². The molecule has 5 nitrogen and oxygen atoms in total. The van der Waals surface area contributed by atoms with E-state index < -0.39 is 11.5 Å². The van der Waals surface area contributed by atoms with Crippen molar-refractivity contribution in [1.29, 1.82) is 0 Å². The van der Waals surface area contributed by atoms with Crippen molar-refractivity contribution in [3.05, 3.63) is 94.5 Å². The first-order valence-electron chi connectivity index (χ1n) is 9.89. The highest BCUT2D eigenvalue weighted by Gasteiger charge is 2.51. The Morgan fingerprint density at radius 2 is 1.70 bits per heavy atom. The monoisotopic (exact) mass is 400 g/mol. The fourth-order valence-corrected chi connectivity index (χ4v) is 4.03. The van der Waals surface area contributed by atoms with Crippen molar-refractivity contribution >= 4 is 23.2 Å². The summed E-state index contributed by atoms with van der Waals surface area (Å²) < 4.78 is 0. The first kappa shape index (κ1) is 19.9. The molecule has 0 spiro atoms. The summed E-state index contributed by atoms with van der Waals surface area (Å²) in [7, 11) is 0. The molecule has 30 heavy (non-hydrogen) atoms. The summed E-state index contributed by atoms with van der Waals surface area (Å²) in [4.78, 5) is 27.5. The van der Waals surface area contributed by atoms with Crippen LogP contribution in [0.3, 0.4) is 0 Å². The third-order valence-corrected chi connectivity index (χ3v) is 5.53. The molecule has 2 N–H and O–H groups in total. The summed E-state index contributed by atoms with van der Waals surface area (Å²) in [5, 5.41) is 14.4. The number of rotatable bonds is 4. The molecule has 2 amide bonds. The van der Waals surface area contributed by atoms with Crippen LogP contribution in [0.2, 0.25) is 0 Å². The standard InChI is InChI=1S/C25H24N2O3/c1-16-7-6-8-19(14-16)25(30)20-9-4-5-10-22(20)27(24(25)29)15-23(28)26-21-12-11-17(2)13-18(21)3/h4-14,30H,15H2,1-3H3,(H,26,28). The topological polar surface area (TPSA) is 69.6 Å². The number of aliphatic hydroxyl groups is 1. The lowest BCUT2D eigenvalue weighted by Crippen LogP contribution is -2.44. The molecule has 1 heterocycles. The maximum Gasteiger partial charge on any atom is 0.268 e. The molecule has 3 aromatic rings. The molecule has 1 unspecified atom stereocenters. The molecule has 0 aromatic heterocycles. The summed E-state index contributed by atoms with van der Waals surface area (Å²) in [5.74, 6) is -0.844. The van der Waals surface area contributed by atoms with Crippen LogP contribution in [0.5, 0.6) is 0 Å². The highest BCUT2D eigenvalue weighted by Crippen LogP contribution is 2.44. The lowest BCUT2D eigenvalue weighted by molar-refractivity contribution is -0.133. The van der Waals surface area contributed by atoms with Crippen LogP contribution < -0.4 is 10.2 Å². The first-order valence-corrected chi connectivity index (χ1v) is 9.89. The number of fused-ring (bicyclic) bond motifs is 1. The number of nitrogens with zero attached hydrogens (tertiary/aromatic N) is 1. The van der Waals surface area contributed by atoms with Crippen LogP contribution in [0.1, 0.15) is 27.8 Å². The molecule has 152 valence electrons. The molecule has 0 aliphatic carbocycles. The van der Waals surface area contributed by atoms with Gasteiger partial charge in [0.2, 0.25) is 5.91 Å². The van der Waals surface area contributed by atoms with Gasteiger partial charge in [0, 0.05) is 11.3 Å². The number of carbonyl (C=O) groups is 2. The van der Waals surface area contributed by atoms with Gasteiger partial charge in [0.15, 0.2) is 5.60 Å². The number of hydrogen-bond donors (Lipinski definition) is 2. The highest BCUT2D eigenvalue weighted by atomic mass is 16.3. The number of hydrogen-bond acceptors (Lipinski definition) is 3. The number of benzene rings is 3. The number of nitrogens with one attached hydrogen (secondary N) is 1. The van der Waals surface area contributed by atoms with Crippen molar-refractivity contribution in [2.24, 2.45) is 0 Å². The summed E-state index contributed by atoms with van der Waals surface area (Å²) >= 11 is 0. The molecule has 0 radical (unpaired) electrons. The van der Waals surface area contributed by atoms with Gasteiger partial charge in [0.1, 0.15) is 6.54 Å². The molecule has 0 saturated carbocycles. The van der Waals surface area contributed by atoms with Gasteiger partial charge in [0.25, 0.3) is 5.91 Å². The van der Waals surface area contributed by atoms with Gasteiger partial charge < -0.3 is 10.4 Å². The maximum atomic E-state index is 13.4. The van der Waals surface area contributed by atoms with Gasteiger partial charge in [0.05, 0.1) is 5.69 Å². The van der Waals surface area contributed by atoms with E-state index in [0.717, 1.165) is 16.7 Å². The van der Waals surface area contributed by atoms with Crippen LogP contribution in [0.15, 0.2) is 66.7 Å². The Balaban J connectivity index is 1.66. The molecule has 4 rings (SSSR count). The molecule has 0 bridgehead atoms. The number of anilines is 2. The van der Waals surface area contributed by atoms with E-state index >= 15 is 0 Å². The Bertz CT molecular complexity index is 1150. The predicted octanol–water partition coefficient (Wildman–Crippen LogP) is 3.83. The van der Waals surface area contributed by atoms with E-state index in [9.17, 15) is 14.7 Å². The van der Waals surface area contributed by atoms with E-state index in [-0.39, 0.29) is 12.5 Å². The summed E-state index contributed by atoms with van der Waals surface area (Å²) in [6.07, 6.45) is 0. The third kappa shape index (κ3) is 3.27. The van der Waals surface area contributed by atoms with Gasteiger partial charge in [-0.15, -0.1) is 0 Å². The number of carbonyl (C=O) groups excluding carboxylic acids is 2. The minimum absolute atomic E-state index is 0.183. The van der Waals surface area contributed by atoms with Crippen LogP contribution in [0.4, 0.5) is 11.4 Å². The molecule has 0 fully saturated rings. The SMILES string of the molecule is Cc1cccc(C2(O)C(=O)N(CC(=O)Nc3ccc(C)cc3C)c3ccccc32)c1. The van der Waals surface area contributed by atoms with Gasteiger partial charge in [-0.2, -0.15) is 0 Å². The van der Waals surface area contributed by atoms with E-state index in [1.54, 1.807) is 36.4 Å². The lowest BCUT2D eigenvalue weighted by atomic mass is 9.87. The average molecular weight is 400 g/mol. The Kier molecular flexibility index (Phi) is 4.92. The van der Waals surface area contributed by atoms with Crippen LogP contribution in [-0.2, 0) is 15.2 Å². The molecule has 5 heteroatoms. The molecule has 1 aliphatic heterocycles. The Morgan fingerprint density at radius 1 is 0.967 bits per heavy atom. The second-order valence-corrected chi connectivity index (χ2v) is 7.85. The largest absolute Gasteiger partial charge is 0.372 e. The van der Waals surface area contributed by atoms with Crippen molar-refractivity contribution in [2.45, 2.75) is 26.4 Å². The molecule has 0 saturated heterocycles. The van der Waals surface area contributed by atoms with Crippen molar-refractivity contribution in [3.63, 3.8) is 0 Å². The van der Waals surface area contributed by atoms with Gasteiger partial charge in [-0.25, -0.2) is 0 Å². The third-order valence-electron chi connectivity index (χ3n) is 5.53. The fraction of sp³-hybridized carbons (Fsp3) is 0.200. The van der Waals surface area contributed by atoms with Crippen molar-refractivity contribution in [2.75, 3.05) is 16.8 Å². The summed E-state index contributed by atoms with van der Waals surface area (Å²) in [5.41, 5.74) is 3.42. The van der Waals surface area contributed by atoms with Gasteiger partial charge in [-0.1, -0.05) is 65.7 Å². The number of aryl methyl sites for hydroxylation is 3. The zero-order valence-corrected chi connectivity index (χ0v) is 17.3. The Hall–Kier alpha value is -3.44. The summed E-state index contributed by atoms with van der Waals surface area (Å²) in [6.45, 7) is 5.64. The fourth-order valence-electron chi connectivity index (χ4n) is 4.03. The van der Waals surface area contributed by atoms with E-state index in [1.165, 1.54) is 4.90 Å². The van der Waals surface area contributed by atoms with E-state index in [2.05, 4.69) is 5.32 Å². The molecular weight excluding hydrogens is 376 g/mol. The predicted molar refractivity (Wildman–Crippen MR) is 118 cm³/mol. The van der Waals surface area contributed by atoms with Crippen LogP contribution in [0, 0.1) is 20.8 Å². The minimum Gasteiger partial charge on any atom is -0.372 e. The van der Waals surface area contributed by atoms with Crippen LogP contribution in [0.25, 0.3) is 0 Å². The minimum atomic E-state index is -1.82. The van der Waals surface area contributed by atoms with Crippen LogP contribution >= 0.6 is 0 Å². The zero-order valence-electron chi connectivity index (χ0n) is 17.3. The summed E-state index contributed by atoms with van der Waals surface area (Å²) in [6, 6.07) is 20.1. The van der Waals surface area contributed by atoms with E-state index in [0.29, 0.717) is 22.5 Å². The van der Waals surface area contributed by atoms with Crippen molar-refractivity contribution in [1.82, 2.24) is 0 Å². The highest BCUT2D eigenvalue weighted by molar-refractivity contribution is 6.12. The zero-order chi connectivity index (χ0) is 21.5. The smallest absolute Gasteiger partial charge is 0.268 e. The molecule has 1 aliphatic rings. The molecule has 1 atom stereocenters. The Labute approximate surface area is 176 Å². The number of amides is 2. The average Bonchev–Trinajstić information content (AvgIpc) is 2.93. The first-order chi connectivity index (χ1) is 14.3.